The Bertz CT molecular complexity index is 831. The summed E-state index contributed by atoms with van der Waals surface area (Å²) in [5.74, 6) is 1.71. The van der Waals surface area contributed by atoms with E-state index in [-0.39, 0.29) is 16.7 Å². The predicted octanol–water partition coefficient (Wildman–Crippen LogP) is 3.13. The molecule has 3 fully saturated rings. The summed E-state index contributed by atoms with van der Waals surface area (Å²) in [6.07, 6.45) is 2.76. The molecule has 0 aromatic heterocycles. The van der Waals surface area contributed by atoms with Crippen LogP contribution in [0.2, 0.25) is 0 Å². The molecule has 3 saturated heterocycles. The van der Waals surface area contributed by atoms with Gasteiger partial charge in [-0.1, -0.05) is 19.9 Å². The van der Waals surface area contributed by atoms with Gasteiger partial charge < -0.3 is 19.4 Å². The lowest BCUT2D eigenvalue weighted by molar-refractivity contribution is -0.141. The van der Waals surface area contributed by atoms with Crippen molar-refractivity contribution in [2.45, 2.75) is 40.0 Å². The highest BCUT2D eigenvalue weighted by molar-refractivity contribution is 5.94. The predicted molar refractivity (Wildman–Crippen MR) is 121 cm³/mol. The fourth-order valence-corrected chi connectivity index (χ4v) is 6.32. The Labute approximate surface area is 186 Å². The first kappa shape index (κ1) is 22.1. The minimum atomic E-state index is -0.275. The van der Waals surface area contributed by atoms with Crippen LogP contribution in [0.1, 0.15) is 50.4 Å². The summed E-state index contributed by atoms with van der Waals surface area (Å²) in [6.45, 7) is 12.6. The molecule has 3 aliphatic rings. The molecular weight excluding hydrogens is 390 g/mol. The number of carbonyl (C=O) groups is 2. The van der Waals surface area contributed by atoms with E-state index in [1.807, 2.05) is 34.1 Å². The monoisotopic (exact) mass is 427 g/mol. The molecule has 0 saturated carbocycles. The number of carbonyl (C=O) groups excluding carboxylic acids is 2. The van der Waals surface area contributed by atoms with E-state index in [0.717, 1.165) is 52.0 Å². The van der Waals surface area contributed by atoms with E-state index < -0.39 is 0 Å². The van der Waals surface area contributed by atoms with Crippen molar-refractivity contribution in [1.82, 2.24) is 14.7 Å². The summed E-state index contributed by atoms with van der Waals surface area (Å²) < 4.78 is 5.29. The largest absolute Gasteiger partial charge is 0.497 e. The molecule has 1 aromatic rings. The van der Waals surface area contributed by atoms with Crippen LogP contribution in [0, 0.1) is 16.7 Å². The highest BCUT2D eigenvalue weighted by Gasteiger charge is 2.64. The number of amides is 2. The number of rotatable bonds is 5. The number of benzene rings is 1. The molecule has 1 unspecified atom stereocenters. The van der Waals surface area contributed by atoms with E-state index >= 15 is 0 Å². The van der Waals surface area contributed by atoms with Gasteiger partial charge >= 0.3 is 0 Å². The van der Waals surface area contributed by atoms with E-state index in [2.05, 4.69) is 25.7 Å². The van der Waals surface area contributed by atoms with Crippen LogP contribution in [0.5, 0.6) is 5.75 Å². The second-order valence-electron chi connectivity index (χ2n) is 10.1. The summed E-state index contributed by atoms with van der Waals surface area (Å²) in [4.78, 5) is 33.3. The van der Waals surface area contributed by atoms with Gasteiger partial charge in [0.1, 0.15) is 5.75 Å². The van der Waals surface area contributed by atoms with Crippen LogP contribution in [-0.2, 0) is 4.79 Å². The molecule has 3 aliphatic heterocycles. The Balaban J connectivity index is 1.54. The lowest BCUT2D eigenvalue weighted by atomic mass is 9.60. The van der Waals surface area contributed by atoms with Crippen molar-refractivity contribution in [3.8, 4) is 5.75 Å². The number of piperidine rings is 1. The van der Waals surface area contributed by atoms with Gasteiger partial charge in [-0.15, -0.1) is 0 Å². The molecule has 6 nitrogen and oxygen atoms in total. The van der Waals surface area contributed by atoms with Gasteiger partial charge in [0.15, 0.2) is 0 Å². The highest BCUT2D eigenvalue weighted by atomic mass is 16.5. The standard InChI is InChI=1S/C25H37N3O3/c1-5-27-14-11-25(23(27)30)18-26(16-19(2)3)17-24(25)9-12-28(13-10-24)22(29)20-7-6-8-21(15-20)31-4/h6-8,15,19H,5,9-14,16-18H2,1-4H3. The first-order valence-electron chi connectivity index (χ1n) is 11.8. The van der Waals surface area contributed by atoms with Gasteiger partial charge in [0.05, 0.1) is 12.5 Å². The Hall–Kier alpha value is -2.08. The zero-order valence-electron chi connectivity index (χ0n) is 19.5. The molecule has 0 bridgehead atoms. The van der Waals surface area contributed by atoms with E-state index in [4.69, 9.17) is 4.74 Å². The van der Waals surface area contributed by atoms with E-state index in [9.17, 15) is 9.59 Å². The zero-order valence-corrected chi connectivity index (χ0v) is 19.5. The van der Waals surface area contributed by atoms with Gasteiger partial charge in [0, 0.05) is 56.8 Å². The number of hydrogen-bond donors (Lipinski definition) is 0. The van der Waals surface area contributed by atoms with Crippen LogP contribution in [0.25, 0.3) is 0 Å². The molecule has 2 spiro atoms. The van der Waals surface area contributed by atoms with E-state index in [1.54, 1.807) is 7.11 Å². The fourth-order valence-electron chi connectivity index (χ4n) is 6.32. The first-order chi connectivity index (χ1) is 14.8. The molecule has 3 heterocycles. The van der Waals surface area contributed by atoms with Gasteiger partial charge in [0.25, 0.3) is 5.91 Å². The Kier molecular flexibility index (Phi) is 6.03. The normalized spacial score (nSPS) is 25.9. The summed E-state index contributed by atoms with van der Waals surface area (Å²) in [6, 6.07) is 7.40. The third-order valence-electron chi connectivity index (χ3n) is 7.87. The number of likely N-dealkylation sites (tertiary alicyclic amines) is 3. The molecule has 170 valence electrons. The van der Waals surface area contributed by atoms with Crippen LogP contribution >= 0.6 is 0 Å². The summed E-state index contributed by atoms with van der Waals surface area (Å²) in [5, 5.41) is 0. The molecular formula is C25H37N3O3. The lowest BCUT2D eigenvalue weighted by Gasteiger charge is -2.47. The Morgan fingerprint density at radius 2 is 1.87 bits per heavy atom. The van der Waals surface area contributed by atoms with Crippen molar-refractivity contribution in [2.75, 3.05) is 52.9 Å². The minimum absolute atomic E-state index is 0.0198. The Morgan fingerprint density at radius 3 is 2.48 bits per heavy atom. The van der Waals surface area contributed by atoms with Gasteiger partial charge in [-0.25, -0.2) is 0 Å². The molecule has 0 N–H and O–H groups in total. The summed E-state index contributed by atoms with van der Waals surface area (Å²) in [5.41, 5.74) is 0.379. The van der Waals surface area contributed by atoms with Crippen molar-refractivity contribution in [3.63, 3.8) is 0 Å². The first-order valence-corrected chi connectivity index (χ1v) is 11.8. The maximum absolute atomic E-state index is 13.6. The average molecular weight is 428 g/mol. The van der Waals surface area contributed by atoms with Gasteiger partial charge in [-0.05, 0) is 50.3 Å². The quantitative estimate of drug-likeness (QED) is 0.725. The molecule has 6 heteroatoms. The molecule has 4 rings (SSSR count). The van der Waals surface area contributed by atoms with Crippen LogP contribution in [0.3, 0.4) is 0 Å². The molecule has 1 aromatic carbocycles. The van der Waals surface area contributed by atoms with Crippen LogP contribution < -0.4 is 4.74 Å². The molecule has 0 aliphatic carbocycles. The van der Waals surface area contributed by atoms with Crippen molar-refractivity contribution in [1.29, 1.82) is 0 Å². The smallest absolute Gasteiger partial charge is 0.253 e. The minimum Gasteiger partial charge on any atom is -0.497 e. The molecule has 2 amide bonds. The van der Waals surface area contributed by atoms with Crippen LogP contribution in [-0.4, -0.2) is 79.4 Å². The number of fused-ring (bicyclic) bond motifs is 1. The number of methoxy groups -OCH3 is 1. The fraction of sp³-hybridized carbons (Fsp3) is 0.680. The average Bonchev–Trinajstić information content (AvgIpc) is 3.25. The SMILES string of the molecule is CCN1CCC2(CN(CC(C)C)CC23CCN(C(=O)c2cccc(OC)c2)CC3)C1=O. The number of ether oxygens (including phenoxy) is 1. The third-order valence-corrected chi connectivity index (χ3v) is 7.87. The van der Waals surface area contributed by atoms with Crippen molar-refractivity contribution >= 4 is 11.8 Å². The van der Waals surface area contributed by atoms with Crippen LogP contribution in [0.4, 0.5) is 0 Å². The maximum atomic E-state index is 13.6. The number of hydrogen-bond acceptors (Lipinski definition) is 4. The summed E-state index contributed by atoms with van der Waals surface area (Å²) in [7, 11) is 1.62. The molecule has 0 radical (unpaired) electrons. The van der Waals surface area contributed by atoms with E-state index in [1.165, 1.54) is 0 Å². The second kappa shape index (κ2) is 8.45. The van der Waals surface area contributed by atoms with Crippen molar-refractivity contribution < 1.29 is 14.3 Å². The molecule has 31 heavy (non-hydrogen) atoms. The number of nitrogens with zero attached hydrogens (tertiary/aromatic N) is 3. The topological polar surface area (TPSA) is 53.1 Å². The maximum Gasteiger partial charge on any atom is 0.253 e. The van der Waals surface area contributed by atoms with Crippen molar-refractivity contribution in [2.24, 2.45) is 16.7 Å². The van der Waals surface area contributed by atoms with Crippen molar-refractivity contribution in [3.05, 3.63) is 29.8 Å². The van der Waals surface area contributed by atoms with Crippen LogP contribution in [0.15, 0.2) is 24.3 Å². The molecule has 1 atom stereocenters. The van der Waals surface area contributed by atoms with Gasteiger partial charge in [-0.2, -0.15) is 0 Å². The van der Waals surface area contributed by atoms with Gasteiger partial charge in [-0.3, -0.25) is 9.59 Å². The Morgan fingerprint density at radius 1 is 1.13 bits per heavy atom. The van der Waals surface area contributed by atoms with E-state index in [0.29, 0.717) is 36.2 Å². The summed E-state index contributed by atoms with van der Waals surface area (Å²) >= 11 is 0. The third kappa shape index (κ3) is 3.73. The lowest BCUT2D eigenvalue weighted by Crippen LogP contribution is -2.53. The van der Waals surface area contributed by atoms with Gasteiger partial charge in [0.2, 0.25) is 5.91 Å². The zero-order chi connectivity index (χ0) is 22.2. The highest BCUT2D eigenvalue weighted by Crippen LogP contribution is 2.58. The second-order valence-corrected chi connectivity index (χ2v) is 10.1.